The van der Waals surface area contributed by atoms with E-state index < -0.39 is 5.60 Å². The number of β-amino-alcohol motifs (C(OH)–C–C–N with tert-alkyl or cyclic N) is 1. The Hall–Kier alpha value is -2.67. The summed E-state index contributed by atoms with van der Waals surface area (Å²) < 4.78 is 7.25. The Bertz CT molecular complexity index is 887. The molecule has 1 unspecified atom stereocenters. The molecule has 1 fully saturated rings. The van der Waals surface area contributed by atoms with Crippen LogP contribution >= 0.6 is 0 Å². The van der Waals surface area contributed by atoms with Gasteiger partial charge in [0.25, 0.3) is 5.91 Å². The minimum atomic E-state index is -0.994. The molecule has 24 heavy (non-hydrogen) atoms. The van der Waals surface area contributed by atoms with E-state index in [1.165, 1.54) is 0 Å². The second-order valence-electron chi connectivity index (χ2n) is 6.45. The van der Waals surface area contributed by atoms with Crippen LogP contribution in [0.5, 0.6) is 0 Å². The first-order valence-electron chi connectivity index (χ1n) is 7.88. The van der Waals surface area contributed by atoms with Crippen LogP contribution in [0.15, 0.2) is 41.1 Å². The fourth-order valence-corrected chi connectivity index (χ4v) is 3.20. The van der Waals surface area contributed by atoms with E-state index in [1.54, 1.807) is 28.0 Å². The zero-order valence-corrected chi connectivity index (χ0v) is 13.3. The van der Waals surface area contributed by atoms with E-state index in [4.69, 9.17) is 4.42 Å². The van der Waals surface area contributed by atoms with E-state index in [0.29, 0.717) is 30.9 Å². The quantitative estimate of drug-likeness (QED) is 0.790. The minimum Gasteiger partial charge on any atom is -0.451 e. The van der Waals surface area contributed by atoms with Crippen LogP contribution in [0.2, 0.25) is 0 Å². The minimum absolute atomic E-state index is 0.196. The van der Waals surface area contributed by atoms with Crippen LogP contribution in [0.3, 0.4) is 0 Å². The summed E-state index contributed by atoms with van der Waals surface area (Å²) in [4.78, 5) is 14.3. The zero-order valence-electron chi connectivity index (χ0n) is 13.3. The third-order valence-electron chi connectivity index (χ3n) is 4.43. The molecule has 3 aromatic rings. The highest BCUT2D eigenvalue weighted by Crippen LogP contribution is 2.27. The number of hydrogen-bond acceptors (Lipinski definition) is 5. The second-order valence-corrected chi connectivity index (χ2v) is 6.45. The Balaban J connectivity index is 1.52. The van der Waals surface area contributed by atoms with Crippen molar-refractivity contribution >= 4 is 16.9 Å². The number of aliphatic hydroxyl groups is 1. The Morgan fingerprint density at radius 2 is 2.29 bits per heavy atom. The number of likely N-dealkylation sites (tertiary alicyclic amines) is 1. The summed E-state index contributed by atoms with van der Waals surface area (Å²) in [6, 6.07) is 7.57. The number of carbonyl (C=O) groups excluding carboxylic acids is 1. The van der Waals surface area contributed by atoms with Gasteiger partial charge in [0.05, 0.1) is 19.3 Å². The lowest BCUT2D eigenvalue weighted by Crippen LogP contribution is -2.39. The Morgan fingerprint density at radius 1 is 1.42 bits per heavy atom. The Morgan fingerprint density at radius 3 is 3.08 bits per heavy atom. The number of aryl methyl sites for hydroxylation is 1. The van der Waals surface area contributed by atoms with Gasteiger partial charge in [0.15, 0.2) is 5.76 Å². The molecule has 124 valence electrons. The molecule has 1 saturated heterocycles. The van der Waals surface area contributed by atoms with Gasteiger partial charge < -0.3 is 14.4 Å². The SMILES string of the molecule is Cc1ccc2oc(C(=O)N3CCC(O)(Cn4ccnn4)C3)cc2c1. The second kappa shape index (κ2) is 5.45. The van der Waals surface area contributed by atoms with Crippen molar-refractivity contribution in [3.63, 3.8) is 0 Å². The van der Waals surface area contributed by atoms with Crippen LogP contribution in [0, 0.1) is 6.92 Å². The normalized spacial score (nSPS) is 20.8. The molecule has 0 radical (unpaired) electrons. The van der Waals surface area contributed by atoms with Crippen molar-refractivity contribution in [1.29, 1.82) is 0 Å². The summed E-state index contributed by atoms with van der Waals surface area (Å²) in [5.41, 5.74) is 0.818. The van der Waals surface area contributed by atoms with Gasteiger partial charge in [-0.15, -0.1) is 5.10 Å². The van der Waals surface area contributed by atoms with Gasteiger partial charge in [-0.05, 0) is 31.5 Å². The van der Waals surface area contributed by atoms with Gasteiger partial charge in [0.2, 0.25) is 0 Å². The number of nitrogens with zero attached hydrogens (tertiary/aromatic N) is 4. The molecule has 1 atom stereocenters. The lowest BCUT2D eigenvalue weighted by molar-refractivity contribution is 0.0261. The van der Waals surface area contributed by atoms with Crippen molar-refractivity contribution in [3.8, 4) is 0 Å². The van der Waals surface area contributed by atoms with E-state index in [1.807, 2.05) is 25.1 Å². The smallest absolute Gasteiger partial charge is 0.289 e. The molecule has 0 saturated carbocycles. The summed E-state index contributed by atoms with van der Waals surface area (Å²) >= 11 is 0. The van der Waals surface area contributed by atoms with Crippen molar-refractivity contribution < 1.29 is 14.3 Å². The van der Waals surface area contributed by atoms with Crippen molar-refractivity contribution in [2.75, 3.05) is 13.1 Å². The monoisotopic (exact) mass is 326 g/mol. The van der Waals surface area contributed by atoms with Crippen molar-refractivity contribution in [3.05, 3.63) is 48.0 Å². The standard InChI is InChI=1S/C17H18N4O3/c1-12-2-3-14-13(8-12)9-15(24-14)16(22)20-6-4-17(23,10-20)11-21-7-5-18-19-21/h2-3,5,7-9,23H,4,6,10-11H2,1H3. The average molecular weight is 326 g/mol. The van der Waals surface area contributed by atoms with Crippen LogP contribution in [-0.4, -0.2) is 49.6 Å². The van der Waals surface area contributed by atoms with Gasteiger partial charge in [0.1, 0.15) is 11.2 Å². The van der Waals surface area contributed by atoms with E-state index in [-0.39, 0.29) is 12.5 Å². The molecule has 0 aliphatic carbocycles. The van der Waals surface area contributed by atoms with Crippen molar-refractivity contribution in [2.24, 2.45) is 0 Å². The molecule has 1 aliphatic heterocycles. The molecule has 7 heteroatoms. The predicted molar refractivity (Wildman–Crippen MR) is 86.4 cm³/mol. The summed E-state index contributed by atoms with van der Waals surface area (Å²) in [6.45, 7) is 3.05. The predicted octanol–water partition coefficient (Wildman–Crippen LogP) is 1.61. The fraction of sp³-hybridized carbons (Fsp3) is 0.353. The third-order valence-corrected chi connectivity index (χ3v) is 4.43. The van der Waals surface area contributed by atoms with E-state index in [0.717, 1.165) is 10.9 Å². The first-order valence-corrected chi connectivity index (χ1v) is 7.88. The fourth-order valence-electron chi connectivity index (χ4n) is 3.20. The largest absolute Gasteiger partial charge is 0.451 e. The highest BCUT2D eigenvalue weighted by atomic mass is 16.3. The van der Waals surface area contributed by atoms with Gasteiger partial charge in [0, 0.05) is 18.1 Å². The van der Waals surface area contributed by atoms with Gasteiger partial charge >= 0.3 is 0 Å². The maximum Gasteiger partial charge on any atom is 0.289 e. The molecule has 0 spiro atoms. The number of benzene rings is 1. The highest BCUT2D eigenvalue weighted by Gasteiger charge is 2.39. The maximum atomic E-state index is 12.7. The van der Waals surface area contributed by atoms with Crippen molar-refractivity contribution in [1.82, 2.24) is 19.9 Å². The van der Waals surface area contributed by atoms with Crippen LogP contribution in [0.4, 0.5) is 0 Å². The molecule has 1 N–H and O–H groups in total. The third kappa shape index (κ3) is 2.67. The molecule has 3 heterocycles. The van der Waals surface area contributed by atoms with E-state index in [2.05, 4.69) is 10.3 Å². The number of rotatable bonds is 3. The van der Waals surface area contributed by atoms with Gasteiger partial charge in [-0.1, -0.05) is 16.8 Å². The summed E-state index contributed by atoms with van der Waals surface area (Å²) in [5, 5.41) is 19.2. The first kappa shape index (κ1) is 14.9. The summed E-state index contributed by atoms with van der Waals surface area (Å²) in [5.74, 6) is 0.110. The molecule has 0 bridgehead atoms. The number of hydrogen-bond donors (Lipinski definition) is 1. The van der Waals surface area contributed by atoms with Crippen molar-refractivity contribution in [2.45, 2.75) is 25.5 Å². The van der Waals surface area contributed by atoms with Gasteiger partial charge in [-0.3, -0.25) is 4.79 Å². The molecule has 1 aromatic carbocycles. The van der Waals surface area contributed by atoms with Gasteiger partial charge in [-0.25, -0.2) is 4.68 Å². The van der Waals surface area contributed by atoms with Crippen LogP contribution in [0.25, 0.3) is 11.0 Å². The molecular weight excluding hydrogens is 308 g/mol. The van der Waals surface area contributed by atoms with Crippen LogP contribution in [0.1, 0.15) is 22.5 Å². The number of aromatic nitrogens is 3. The molecule has 7 nitrogen and oxygen atoms in total. The molecule has 4 rings (SSSR count). The van der Waals surface area contributed by atoms with Crippen LogP contribution in [-0.2, 0) is 6.54 Å². The first-order chi connectivity index (χ1) is 11.5. The Kier molecular flexibility index (Phi) is 3.38. The summed E-state index contributed by atoms with van der Waals surface area (Å²) in [6.07, 6.45) is 3.76. The highest BCUT2D eigenvalue weighted by molar-refractivity contribution is 5.96. The van der Waals surface area contributed by atoms with E-state index in [9.17, 15) is 9.90 Å². The Labute approximate surface area is 138 Å². The number of furan rings is 1. The topological polar surface area (TPSA) is 84.4 Å². The lowest BCUT2D eigenvalue weighted by atomic mass is 10.0. The molecule has 1 aliphatic rings. The summed E-state index contributed by atoms with van der Waals surface area (Å²) in [7, 11) is 0. The van der Waals surface area contributed by atoms with E-state index >= 15 is 0 Å². The number of carbonyl (C=O) groups is 1. The number of fused-ring (bicyclic) bond motifs is 1. The average Bonchev–Trinajstić information content (AvgIpc) is 3.26. The molecule has 2 aromatic heterocycles. The molecule has 1 amide bonds. The molecular formula is C17H18N4O3. The lowest BCUT2D eigenvalue weighted by Gasteiger charge is -2.22. The maximum absolute atomic E-state index is 12.7. The van der Waals surface area contributed by atoms with Gasteiger partial charge in [-0.2, -0.15) is 0 Å². The van der Waals surface area contributed by atoms with Crippen LogP contribution < -0.4 is 0 Å². The number of amides is 1. The zero-order chi connectivity index (χ0) is 16.7.